The van der Waals surface area contributed by atoms with Gasteiger partial charge in [0.1, 0.15) is 0 Å². The Kier molecular flexibility index (Phi) is 4.08. The third kappa shape index (κ3) is 3.15. The number of benzene rings is 1. The highest BCUT2D eigenvalue weighted by atomic mass is 16.2. The fourth-order valence-electron chi connectivity index (χ4n) is 1.12. The highest BCUT2D eigenvalue weighted by molar-refractivity contribution is 5.94. The molecule has 1 aromatic carbocycles. The zero-order valence-corrected chi connectivity index (χ0v) is 8.23. The van der Waals surface area contributed by atoms with Crippen molar-refractivity contribution in [3.63, 3.8) is 0 Å². The van der Waals surface area contributed by atoms with E-state index in [1.165, 1.54) is 0 Å². The zero-order chi connectivity index (χ0) is 10.4. The maximum atomic E-state index is 11.0. The number of ketones is 1. The lowest BCUT2D eigenvalue weighted by atomic mass is 10.1. The first-order valence-corrected chi connectivity index (χ1v) is 4.62. The number of rotatable bonds is 4. The van der Waals surface area contributed by atoms with Gasteiger partial charge in [0.2, 0.25) is 0 Å². The molecule has 0 radical (unpaired) electrons. The van der Waals surface area contributed by atoms with Crippen LogP contribution in [-0.4, -0.2) is 17.5 Å². The highest BCUT2D eigenvalue weighted by Crippen LogP contribution is 2.07. The van der Waals surface area contributed by atoms with Crippen molar-refractivity contribution in [2.75, 3.05) is 6.61 Å². The number of hydrogen-bond donors (Lipinski definition) is 1. The van der Waals surface area contributed by atoms with Gasteiger partial charge < -0.3 is 5.11 Å². The lowest BCUT2D eigenvalue weighted by Gasteiger charge is -1.96. The Labute approximate surface area is 83.9 Å². The number of aliphatic hydroxyl groups excluding tert-OH is 1. The highest BCUT2D eigenvalue weighted by Gasteiger charge is 1.96. The average Bonchev–Trinajstić information content (AvgIpc) is 2.19. The maximum absolute atomic E-state index is 11.0. The molecule has 2 nitrogen and oxygen atoms in total. The van der Waals surface area contributed by atoms with Crippen molar-refractivity contribution in [3.8, 4) is 0 Å². The van der Waals surface area contributed by atoms with E-state index in [4.69, 9.17) is 5.11 Å². The van der Waals surface area contributed by atoms with Crippen molar-refractivity contribution in [2.24, 2.45) is 0 Å². The van der Waals surface area contributed by atoms with Crippen LogP contribution >= 0.6 is 0 Å². The van der Waals surface area contributed by atoms with E-state index < -0.39 is 0 Å². The second kappa shape index (κ2) is 5.35. The summed E-state index contributed by atoms with van der Waals surface area (Å²) in [6.07, 6.45) is 4.50. The molecule has 1 rings (SSSR count). The van der Waals surface area contributed by atoms with E-state index in [9.17, 15) is 4.79 Å². The molecule has 0 aliphatic heterocycles. The molecule has 0 unspecified atom stereocenters. The number of Topliss-reactive ketones (excluding diaryl/α,β-unsaturated/α-hetero) is 1. The van der Waals surface area contributed by atoms with Gasteiger partial charge in [-0.25, -0.2) is 0 Å². The summed E-state index contributed by atoms with van der Waals surface area (Å²) >= 11 is 0. The Hall–Kier alpha value is -1.41. The quantitative estimate of drug-likeness (QED) is 0.739. The molecule has 0 fully saturated rings. The normalized spacial score (nSPS) is 10.7. The van der Waals surface area contributed by atoms with Crippen molar-refractivity contribution in [3.05, 3.63) is 41.5 Å². The lowest BCUT2D eigenvalue weighted by Crippen LogP contribution is -1.90. The maximum Gasteiger partial charge on any atom is 0.159 e. The molecule has 1 N–H and O–H groups in total. The SMILES string of the molecule is CC(=O)c1ccc(/C=C/CCO)cc1. The van der Waals surface area contributed by atoms with Crippen LogP contribution in [0.2, 0.25) is 0 Å². The Bertz CT molecular complexity index is 323. The fourth-order valence-corrected chi connectivity index (χ4v) is 1.12. The number of hydrogen-bond acceptors (Lipinski definition) is 2. The molecule has 0 atom stereocenters. The van der Waals surface area contributed by atoms with Crippen LogP contribution in [0.25, 0.3) is 6.08 Å². The van der Waals surface area contributed by atoms with Crippen molar-refractivity contribution < 1.29 is 9.90 Å². The molecule has 0 aromatic heterocycles. The van der Waals surface area contributed by atoms with Crippen LogP contribution in [-0.2, 0) is 0 Å². The van der Waals surface area contributed by atoms with Crippen molar-refractivity contribution >= 4 is 11.9 Å². The van der Waals surface area contributed by atoms with E-state index in [0.717, 1.165) is 11.1 Å². The Morgan fingerprint density at radius 3 is 2.50 bits per heavy atom. The topological polar surface area (TPSA) is 37.3 Å². The number of aliphatic hydroxyl groups is 1. The summed E-state index contributed by atoms with van der Waals surface area (Å²) in [5.41, 5.74) is 1.77. The largest absolute Gasteiger partial charge is 0.396 e. The number of carbonyl (C=O) groups excluding carboxylic acids is 1. The molecule has 74 valence electrons. The number of carbonyl (C=O) groups is 1. The Balaban J connectivity index is 2.68. The zero-order valence-electron chi connectivity index (χ0n) is 8.23. The van der Waals surface area contributed by atoms with E-state index >= 15 is 0 Å². The van der Waals surface area contributed by atoms with E-state index in [-0.39, 0.29) is 12.4 Å². The second-order valence-electron chi connectivity index (χ2n) is 3.09. The van der Waals surface area contributed by atoms with Gasteiger partial charge in [-0.15, -0.1) is 0 Å². The molecule has 0 saturated carbocycles. The van der Waals surface area contributed by atoms with Crippen LogP contribution in [0.3, 0.4) is 0 Å². The monoisotopic (exact) mass is 190 g/mol. The molecule has 0 heterocycles. The molecule has 0 spiro atoms. The van der Waals surface area contributed by atoms with Crippen molar-refractivity contribution in [2.45, 2.75) is 13.3 Å². The average molecular weight is 190 g/mol. The van der Waals surface area contributed by atoms with Crippen molar-refractivity contribution in [1.29, 1.82) is 0 Å². The summed E-state index contributed by atoms with van der Waals surface area (Å²) in [6.45, 7) is 1.72. The summed E-state index contributed by atoms with van der Waals surface area (Å²) in [7, 11) is 0. The lowest BCUT2D eigenvalue weighted by molar-refractivity contribution is 0.101. The van der Waals surface area contributed by atoms with Crippen LogP contribution < -0.4 is 0 Å². The minimum absolute atomic E-state index is 0.0795. The summed E-state index contributed by atoms with van der Waals surface area (Å²) in [6, 6.07) is 7.40. The summed E-state index contributed by atoms with van der Waals surface area (Å²) in [5.74, 6) is 0.0795. The molecule has 0 amide bonds. The van der Waals surface area contributed by atoms with Crippen LogP contribution in [0.4, 0.5) is 0 Å². The van der Waals surface area contributed by atoms with Crippen LogP contribution in [0, 0.1) is 0 Å². The van der Waals surface area contributed by atoms with Gasteiger partial charge in [-0.05, 0) is 18.9 Å². The minimum atomic E-state index is 0.0795. The van der Waals surface area contributed by atoms with Crippen LogP contribution in [0.5, 0.6) is 0 Å². The fraction of sp³-hybridized carbons (Fsp3) is 0.250. The predicted octanol–water partition coefficient (Wildman–Crippen LogP) is 2.28. The Morgan fingerprint density at radius 1 is 1.36 bits per heavy atom. The molecule has 0 aliphatic carbocycles. The summed E-state index contributed by atoms with van der Waals surface area (Å²) in [5, 5.41) is 8.57. The first kappa shape index (κ1) is 10.7. The molecular weight excluding hydrogens is 176 g/mol. The Morgan fingerprint density at radius 2 is 2.00 bits per heavy atom. The van der Waals surface area contributed by atoms with Gasteiger partial charge in [-0.3, -0.25) is 4.79 Å². The van der Waals surface area contributed by atoms with Gasteiger partial charge in [-0.1, -0.05) is 36.4 Å². The molecule has 2 heteroatoms. The van der Waals surface area contributed by atoms with Gasteiger partial charge in [-0.2, -0.15) is 0 Å². The minimum Gasteiger partial charge on any atom is -0.396 e. The molecule has 14 heavy (non-hydrogen) atoms. The van der Waals surface area contributed by atoms with E-state index in [1.807, 2.05) is 24.3 Å². The molecular formula is C12H14O2. The van der Waals surface area contributed by atoms with Crippen molar-refractivity contribution in [1.82, 2.24) is 0 Å². The predicted molar refractivity (Wildman–Crippen MR) is 57.2 cm³/mol. The second-order valence-corrected chi connectivity index (χ2v) is 3.09. The molecule has 1 aromatic rings. The van der Waals surface area contributed by atoms with Gasteiger partial charge >= 0.3 is 0 Å². The van der Waals surface area contributed by atoms with Gasteiger partial charge in [0.05, 0.1) is 0 Å². The van der Waals surface area contributed by atoms with Gasteiger partial charge in [0.15, 0.2) is 5.78 Å². The van der Waals surface area contributed by atoms with Crippen LogP contribution in [0.15, 0.2) is 30.3 Å². The van der Waals surface area contributed by atoms with Gasteiger partial charge in [0.25, 0.3) is 0 Å². The third-order valence-corrected chi connectivity index (χ3v) is 1.92. The molecule has 0 saturated heterocycles. The molecule has 0 bridgehead atoms. The standard InChI is InChI=1S/C12H14O2/c1-10(14)12-7-5-11(6-8-12)4-2-3-9-13/h2,4-8,13H,3,9H2,1H3/b4-2+. The first-order chi connectivity index (χ1) is 6.74. The van der Waals surface area contributed by atoms with Gasteiger partial charge in [0, 0.05) is 12.2 Å². The van der Waals surface area contributed by atoms with E-state index in [1.54, 1.807) is 19.1 Å². The summed E-state index contributed by atoms with van der Waals surface area (Å²) < 4.78 is 0. The van der Waals surface area contributed by atoms with E-state index in [2.05, 4.69) is 0 Å². The smallest absolute Gasteiger partial charge is 0.159 e. The van der Waals surface area contributed by atoms with E-state index in [0.29, 0.717) is 6.42 Å². The first-order valence-electron chi connectivity index (χ1n) is 4.62. The third-order valence-electron chi connectivity index (χ3n) is 1.92. The van der Waals surface area contributed by atoms with Crippen LogP contribution in [0.1, 0.15) is 29.3 Å². The summed E-state index contributed by atoms with van der Waals surface area (Å²) in [4.78, 5) is 11.0. The molecule has 0 aliphatic rings.